The summed E-state index contributed by atoms with van der Waals surface area (Å²) in [6, 6.07) is 4.25. The van der Waals surface area contributed by atoms with Gasteiger partial charge in [0, 0.05) is 19.1 Å². The molecule has 1 aromatic rings. The molecule has 0 aromatic heterocycles. The topological polar surface area (TPSA) is 116 Å². The first kappa shape index (κ1) is 17.2. The molecule has 3 unspecified atom stereocenters. The van der Waals surface area contributed by atoms with E-state index in [1.165, 1.54) is 29.6 Å². The molecular formula is C16H23N3O4S. The molecule has 4 N–H and O–H groups in total. The fourth-order valence-corrected chi connectivity index (χ4v) is 5.42. The molecule has 0 radical (unpaired) electrons. The summed E-state index contributed by atoms with van der Waals surface area (Å²) in [4.78, 5) is 11.6. The number of rotatable bonds is 4. The lowest BCUT2D eigenvalue weighted by atomic mass is 9.78. The van der Waals surface area contributed by atoms with Gasteiger partial charge in [-0.15, -0.1) is 0 Å². The SMILES string of the molecule is COc1ccc(S(=O)(=O)N2CC3CCCC(N)C3C2)cc1C(N)=O. The number of nitrogens with zero attached hydrogens (tertiary/aromatic N) is 1. The summed E-state index contributed by atoms with van der Waals surface area (Å²) < 4.78 is 32.5. The first-order valence-electron chi connectivity index (χ1n) is 8.08. The number of hydrogen-bond donors (Lipinski definition) is 2. The number of benzene rings is 1. The largest absolute Gasteiger partial charge is 0.496 e. The second-order valence-corrected chi connectivity index (χ2v) is 8.50. The van der Waals surface area contributed by atoms with Crippen LogP contribution < -0.4 is 16.2 Å². The molecule has 24 heavy (non-hydrogen) atoms. The maximum Gasteiger partial charge on any atom is 0.252 e. The molecule has 3 atom stereocenters. The molecule has 0 bridgehead atoms. The van der Waals surface area contributed by atoms with Crippen LogP contribution in [-0.4, -0.2) is 44.9 Å². The maximum absolute atomic E-state index is 13.0. The van der Waals surface area contributed by atoms with E-state index < -0.39 is 15.9 Å². The van der Waals surface area contributed by atoms with Crippen LogP contribution in [0.2, 0.25) is 0 Å². The predicted octanol–water partition coefficient (Wildman–Crippen LogP) is 0.542. The maximum atomic E-state index is 13.0. The van der Waals surface area contributed by atoms with Crippen LogP contribution in [0.15, 0.2) is 23.1 Å². The van der Waals surface area contributed by atoms with Gasteiger partial charge < -0.3 is 16.2 Å². The fraction of sp³-hybridized carbons (Fsp3) is 0.562. The van der Waals surface area contributed by atoms with Gasteiger partial charge in [0.2, 0.25) is 10.0 Å². The minimum atomic E-state index is -3.69. The highest BCUT2D eigenvalue weighted by molar-refractivity contribution is 7.89. The van der Waals surface area contributed by atoms with Crippen LogP contribution in [0.5, 0.6) is 5.75 Å². The van der Waals surface area contributed by atoms with Crippen molar-refractivity contribution in [1.82, 2.24) is 4.31 Å². The molecule has 1 aliphatic heterocycles. The number of hydrogen-bond acceptors (Lipinski definition) is 5. The predicted molar refractivity (Wildman–Crippen MR) is 89.1 cm³/mol. The number of primary amides is 1. The Bertz CT molecular complexity index is 750. The molecule has 7 nitrogen and oxygen atoms in total. The van der Waals surface area contributed by atoms with Crippen molar-refractivity contribution in [3.8, 4) is 5.75 Å². The molecule has 1 aliphatic carbocycles. The molecule has 1 heterocycles. The molecule has 1 saturated heterocycles. The zero-order valence-electron chi connectivity index (χ0n) is 13.6. The Balaban J connectivity index is 1.91. The van der Waals surface area contributed by atoms with Crippen molar-refractivity contribution in [2.24, 2.45) is 23.3 Å². The molecule has 1 saturated carbocycles. The number of ether oxygens (including phenoxy) is 1. The summed E-state index contributed by atoms with van der Waals surface area (Å²) in [7, 11) is -2.28. The Labute approximate surface area is 142 Å². The third-order valence-corrected chi connectivity index (χ3v) is 7.02. The number of sulfonamides is 1. The van der Waals surface area contributed by atoms with Crippen molar-refractivity contribution < 1.29 is 17.9 Å². The van der Waals surface area contributed by atoms with Gasteiger partial charge in [-0.3, -0.25) is 4.79 Å². The number of fused-ring (bicyclic) bond motifs is 1. The van der Waals surface area contributed by atoms with E-state index in [4.69, 9.17) is 16.2 Å². The van der Waals surface area contributed by atoms with Crippen molar-refractivity contribution in [2.45, 2.75) is 30.2 Å². The van der Waals surface area contributed by atoms with E-state index in [0.29, 0.717) is 19.0 Å². The molecule has 3 rings (SSSR count). The number of methoxy groups -OCH3 is 1. The fourth-order valence-electron chi connectivity index (χ4n) is 3.86. The number of amides is 1. The van der Waals surface area contributed by atoms with Gasteiger partial charge in [-0.05, 0) is 42.9 Å². The average molecular weight is 353 g/mol. The normalized spacial score (nSPS) is 27.7. The lowest BCUT2D eigenvalue weighted by molar-refractivity contribution is 0.0997. The monoisotopic (exact) mass is 353 g/mol. The van der Waals surface area contributed by atoms with Gasteiger partial charge in [-0.25, -0.2) is 8.42 Å². The molecular weight excluding hydrogens is 330 g/mol. The van der Waals surface area contributed by atoms with E-state index in [-0.39, 0.29) is 28.2 Å². The highest BCUT2D eigenvalue weighted by atomic mass is 32.2. The average Bonchev–Trinajstić information content (AvgIpc) is 3.00. The Kier molecular flexibility index (Phi) is 4.54. The molecule has 0 spiro atoms. The van der Waals surface area contributed by atoms with Crippen LogP contribution in [0.25, 0.3) is 0 Å². The van der Waals surface area contributed by atoms with Gasteiger partial charge in [-0.2, -0.15) is 4.31 Å². The number of carbonyl (C=O) groups excluding carboxylic acids is 1. The van der Waals surface area contributed by atoms with Gasteiger partial charge >= 0.3 is 0 Å². The zero-order valence-corrected chi connectivity index (χ0v) is 14.5. The van der Waals surface area contributed by atoms with E-state index in [1.807, 2.05) is 0 Å². The van der Waals surface area contributed by atoms with Gasteiger partial charge in [0.1, 0.15) is 5.75 Å². The lowest BCUT2D eigenvalue weighted by Gasteiger charge is -2.29. The van der Waals surface area contributed by atoms with E-state index in [0.717, 1.165) is 19.3 Å². The summed E-state index contributed by atoms with van der Waals surface area (Å²) in [6.45, 7) is 0.921. The Morgan fingerprint density at radius 3 is 2.67 bits per heavy atom. The van der Waals surface area contributed by atoms with Crippen LogP contribution in [0.4, 0.5) is 0 Å². The number of carbonyl (C=O) groups is 1. The van der Waals surface area contributed by atoms with Crippen LogP contribution in [-0.2, 0) is 10.0 Å². The number of nitrogens with two attached hydrogens (primary N) is 2. The minimum absolute atomic E-state index is 0.0565. The van der Waals surface area contributed by atoms with Crippen LogP contribution in [0.1, 0.15) is 29.6 Å². The minimum Gasteiger partial charge on any atom is -0.496 e. The standard InChI is InChI=1S/C16H23N3O4S/c1-23-15-6-5-11(7-12(15)16(18)20)24(21,22)19-8-10-3-2-4-14(17)13(10)9-19/h5-7,10,13-14H,2-4,8-9,17H2,1H3,(H2,18,20). The second kappa shape index (κ2) is 6.34. The summed E-state index contributed by atoms with van der Waals surface area (Å²) >= 11 is 0. The van der Waals surface area contributed by atoms with E-state index >= 15 is 0 Å². The molecule has 2 fully saturated rings. The Morgan fingerprint density at radius 2 is 2.04 bits per heavy atom. The van der Waals surface area contributed by atoms with Gasteiger partial charge in [-0.1, -0.05) is 6.42 Å². The van der Waals surface area contributed by atoms with Crippen LogP contribution in [0, 0.1) is 11.8 Å². The molecule has 8 heteroatoms. The first-order chi connectivity index (χ1) is 11.3. The summed E-state index contributed by atoms with van der Waals surface area (Å²) in [5, 5.41) is 0. The van der Waals surface area contributed by atoms with Crippen molar-refractivity contribution in [3.05, 3.63) is 23.8 Å². The van der Waals surface area contributed by atoms with Crippen LogP contribution >= 0.6 is 0 Å². The summed E-state index contributed by atoms with van der Waals surface area (Å²) in [6.07, 6.45) is 3.01. The molecule has 132 valence electrons. The summed E-state index contributed by atoms with van der Waals surface area (Å²) in [5.41, 5.74) is 11.6. The molecule has 1 aromatic carbocycles. The van der Waals surface area contributed by atoms with Crippen molar-refractivity contribution in [1.29, 1.82) is 0 Å². The highest BCUT2D eigenvalue weighted by Crippen LogP contribution is 2.38. The highest BCUT2D eigenvalue weighted by Gasteiger charge is 2.43. The van der Waals surface area contributed by atoms with Crippen molar-refractivity contribution >= 4 is 15.9 Å². The third-order valence-electron chi connectivity index (χ3n) is 5.19. The van der Waals surface area contributed by atoms with E-state index in [1.54, 1.807) is 0 Å². The van der Waals surface area contributed by atoms with Gasteiger partial charge in [0.25, 0.3) is 5.91 Å². The lowest BCUT2D eigenvalue weighted by Crippen LogP contribution is -2.38. The first-order valence-corrected chi connectivity index (χ1v) is 9.52. The Hall–Kier alpha value is -1.64. The third kappa shape index (κ3) is 2.89. The van der Waals surface area contributed by atoms with E-state index in [9.17, 15) is 13.2 Å². The van der Waals surface area contributed by atoms with Crippen LogP contribution in [0.3, 0.4) is 0 Å². The quantitative estimate of drug-likeness (QED) is 0.820. The van der Waals surface area contributed by atoms with Gasteiger partial charge in [0.15, 0.2) is 0 Å². The molecule has 1 amide bonds. The Morgan fingerprint density at radius 1 is 1.29 bits per heavy atom. The van der Waals surface area contributed by atoms with Crippen molar-refractivity contribution in [3.63, 3.8) is 0 Å². The van der Waals surface area contributed by atoms with Crippen molar-refractivity contribution in [2.75, 3.05) is 20.2 Å². The molecule has 2 aliphatic rings. The second-order valence-electron chi connectivity index (χ2n) is 6.57. The zero-order chi connectivity index (χ0) is 17.5. The smallest absolute Gasteiger partial charge is 0.252 e. The van der Waals surface area contributed by atoms with Gasteiger partial charge in [0.05, 0.1) is 17.6 Å². The van der Waals surface area contributed by atoms with E-state index in [2.05, 4.69) is 0 Å². The summed E-state index contributed by atoms with van der Waals surface area (Å²) in [5.74, 6) is 0.0688.